The molecule has 2 aromatic rings. The Kier molecular flexibility index (Phi) is 4.98. The average molecular weight is 388 g/mol. The molecule has 0 N–H and O–H groups in total. The molecule has 0 aliphatic carbocycles. The Morgan fingerprint density at radius 1 is 1.29 bits per heavy atom. The van der Waals surface area contributed by atoms with E-state index >= 15 is 0 Å². The normalized spacial score (nSPS) is 11.8. The summed E-state index contributed by atoms with van der Waals surface area (Å²) in [5, 5.41) is 1.91. The third-order valence-corrected chi connectivity index (χ3v) is 6.37. The predicted molar refractivity (Wildman–Crippen MR) is 87.1 cm³/mol. The number of carbonyl (C=O) groups is 1. The van der Waals surface area contributed by atoms with Gasteiger partial charge >= 0.3 is 0 Å². The van der Waals surface area contributed by atoms with Gasteiger partial charge in [0.25, 0.3) is 0 Å². The monoisotopic (exact) mass is 387 g/mol. The van der Waals surface area contributed by atoms with Crippen molar-refractivity contribution in [2.75, 3.05) is 7.05 Å². The lowest BCUT2D eigenvalue weighted by Crippen LogP contribution is -2.26. The van der Waals surface area contributed by atoms with E-state index in [1.807, 2.05) is 11.4 Å². The smallest absolute Gasteiger partial charge is 0.243 e. The van der Waals surface area contributed by atoms with Gasteiger partial charge in [0, 0.05) is 19.2 Å². The average Bonchev–Trinajstić information content (AvgIpc) is 2.84. The molecule has 0 amide bonds. The number of benzene rings is 1. The Morgan fingerprint density at radius 3 is 2.38 bits per heavy atom. The van der Waals surface area contributed by atoms with Gasteiger partial charge in [-0.25, -0.2) is 8.42 Å². The quantitative estimate of drug-likeness (QED) is 0.737. The van der Waals surface area contributed by atoms with Crippen molar-refractivity contribution in [2.45, 2.75) is 18.4 Å². The van der Waals surface area contributed by atoms with E-state index in [4.69, 9.17) is 0 Å². The molecule has 0 aliphatic heterocycles. The van der Waals surface area contributed by atoms with Crippen molar-refractivity contribution in [3.63, 3.8) is 0 Å². The molecule has 0 saturated carbocycles. The highest BCUT2D eigenvalue weighted by molar-refractivity contribution is 9.11. The maximum atomic E-state index is 12.5. The van der Waals surface area contributed by atoms with Crippen LogP contribution in [0.4, 0.5) is 0 Å². The molecule has 112 valence electrons. The first kappa shape index (κ1) is 16.4. The Bertz CT molecular complexity index is 751. The summed E-state index contributed by atoms with van der Waals surface area (Å²) in [4.78, 5) is 11.4. The van der Waals surface area contributed by atoms with Gasteiger partial charge in [0.1, 0.15) is 0 Å². The Morgan fingerprint density at radius 2 is 1.90 bits per heavy atom. The number of halogens is 1. The van der Waals surface area contributed by atoms with Crippen LogP contribution < -0.4 is 0 Å². The SMILES string of the molecule is CC(=O)c1ccc(S(=O)(=O)N(C)Cc2csc(Br)c2)cc1. The van der Waals surface area contributed by atoms with Crippen molar-refractivity contribution in [3.8, 4) is 0 Å². The number of sulfonamides is 1. The Hall–Kier alpha value is -1.02. The molecule has 1 aromatic carbocycles. The second kappa shape index (κ2) is 6.39. The third-order valence-electron chi connectivity index (χ3n) is 3.00. The van der Waals surface area contributed by atoms with Crippen molar-refractivity contribution < 1.29 is 13.2 Å². The molecule has 0 fully saturated rings. The van der Waals surface area contributed by atoms with Gasteiger partial charge in [-0.1, -0.05) is 12.1 Å². The number of thiophene rings is 1. The summed E-state index contributed by atoms with van der Waals surface area (Å²) in [6, 6.07) is 7.89. The van der Waals surface area contributed by atoms with E-state index in [1.165, 1.54) is 46.8 Å². The summed E-state index contributed by atoms with van der Waals surface area (Å²) in [7, 11) is -2.02. The Balaban J connectivity index is 2.22. The minimum atomic E-state index is -3.56. The fraction of sp³-hybridized carbons (Fsp3) is 0.214. The molecule has 0 saturated heterocycles. The van der Waals surface area contributed by atoms with E-state index in [0.29, 0.717) is 12.1 Å². The summed E-state index contributed by atoms with van der Waals surface area (Å²) >= 11 is 4.87. The van der Waals surface area contributed by atoms with Gasteiger partial charge in [-0.05, 0) is 52.0 Å². The summed E-state index contributed by atoms with van der Waals surface area (Å²) in [6.45, 7) is 1.75. The molecule has 0 aliphatic rings. The molecule has 0 bridgehead atoms. The first-order valence-electron chi connectivity index (χ1n) is 6.11. The number of rotatable bonds is 5. The fourth-order valence-corrected chi connectivity index (χ4v) is 4.17. The van der Waals surface area contributed by atoms with Gasteiger partial charge in [0.05, 0.1) is 8.68 Å². The lowest BCUT2D eigenvalue weighted by molar-refractivity contribution is 0.101. The van der Waals surface area contributed by atoms with Crippen LogP contribution in [-0.4, -0.2) is 25.6 Å². The maximum absolute atomic E-state index is 12.5. The van der Waals surface area contributed by atoms with Crippen molar-refractivity contribution in [3.05, 3.63) is 50.6 Å². The van der Waals surface area contributed by atoms with Crippen LogP contribution in [0.3, 0.4) is 0 Å². The second-order valence-electron chi connectivity index (χ2n) is 4.60. The van der Waals surface area contributed by atoms with Gasteiger partial charge in [0.2, 0.25) is 10.0 Å². The van der Waals surface area contributed by atoms with E-state index < -0.39 is 10.0 Å². The lowest BCUT2D eigenvalue weighted by atomic mass is 10.2. The lowest BCUT2D eigenvalue weighted by Gasteiger charge is -2.16. The highest BCUT2D eigenvalue weighted by atomic mass is 79.9. The molecule has 4 nitrogen and oxygen atoms in total. The van der Waals surface area contributed by atoms with E-state index in [2.05, 4.69) is 15.9 Å². The zero-order valence-electron chi connectivity index (χ0n) is 11.5. The predicted octanol–water partition coefficient (Wildman–Crippen LogP) is 3.53. The highest BCUT2D eigenvalue weighted by Gasteiger charge is 2.21. The standard InChI is InChI=1S/C14H14BrNO3S2/c1-10(17)12-3-5-13(6-4-12)21(18,19)16(2)8-11-7-14(15)20-9-11/h3-7,9H,8H2,1-2H3. The van der Waals surface area contributed by atoms with Crippen molar-refractivity contribution in [2.24, 2.45) is 0 Å². The fourth-order valence-electron chi connectivity index (χ4n) is 1.81. The molecule has 7 heteroatoms. The number of hydrogen-bond donors (Lipinski definition) is 0. The summed E-state index contributed by atoms with van der Waals surface area (Å²) in [5.74, 6) is -0.0876. The van der Waals surface area contributed by atoms with E-state index in [-0.39, 0.29) is 10.7 Å². The molecule has 21 heavy (non-hydrogen) atoms. The molecule has 0 spiro atoms. The van der Waals surface area contributed by atoms with Crippen LogP contribution in [0.15, 0.2) is 44.4 Å². The van der Waals surface area contributed by atoms with Crippen LogP contribution in [0.5, 0.6) is 0 Å². The van der Waals surface area contributed by atoms with Crippen LogP contribution in [0.25, 0.3) is 0 Å². The molecule has 0 unspecified atom stereocenters. The number of hydrogen-bond acceptors (Lipinski definition) is 4. The van der Waals surface area contributed by atoms with Crippen LogP contribution in [0.1, 0.15) is 22.8 Å². The largest absolute Gasteiger partial charge is 0.295 e. The van der Waals surface area contributed by atoms with Crippen LogP contribution >= 0.6 is 27.3 Å². The summed E-state index contributed by atoms with van der Waals surface area (Å²) in [6.07, 6.45) is 0. The van der Waals surface area contributed by atoms with Crippen LogP contribution in [0.2, 0.25) is 0 Å². The number of nitrogens with zero attached hydrogens (tertiary/aromatic N) is 1. The van der Waals surface area contributed by atoms with Crippen LogP contribution in [0, 0.1) is 0 Å². The van der Waals surface area contributed by atoms with Crippen molar-refractivity contribution >= 4 is 43.1 Å². The minimum Gasteiger partial charge on any atom is -0.295 e. The minimum absolute atomic E-state index is 0.0876. The highest BCUT2D eigenvalue weighted by Crippen LogP contribution is 2.23. The van der Waals surface area contributed by atoms with E-state index in [1.54, 1.807) is 7.05 Å². The third kappa shape index (κ3) is 3.79. The number of carbonyl (C=O) groups excluding carboxylic acids is 1. The van der Waals surface area contributed by atoms with Gasteiger partial charge in [-0.3, -0.25) is 4.79 Å². The van der Waals surface area contributed by atoms with Gasteiger partial charge < -0.3 is 0 Å². The zero-order valence-corrected chi connectivity index (χ0v) is 14.8. The topological polar surface area (TPSA) is 54.5 Å². The van der Waals surface area contributed by atoms with Crippen molar-refractivity contribution in [1.29, 1.82) is 0 Å². The zero-order chi connectivity index (χ0) is 15.6. The summed E-state index contributed by atoms with van der Waals surface area (Å²) in [5.41, 5.74) is 1.43. The summed E-state index contributed by atoms with van der Waals surface area (Å²) < 4.78 is 27.2. The maximum Gasteiger partial charge on any atom is 0.243 e. The molecular weight excluding hydrogens is 374 g/mol. The van der Waals surface area contributed by atoms with Crippen molar-refractivity contribution in [1.82, 2.24) is 4.31 Å². The second-order valence-corrected chi connectivity index (χ2v) is 8.94. The van der Waals surface area contributed by atoms with E-state index in [0.717, 1.165) is 9.35 Å². The number of ketones is 1. The molecule has 0 atom stereocenters. The first-order chi connectivity index (χ1) is 9.80. The molecular formula is C14H14BrNO3S2. The van der Waals surface area contributed by atoms with Gasteiger partial charge in [0.15, 0.2) is 5.78 Å². The number of Topliss-reactive ketones (excluding diaryl/α,β-unsaturated/α-hetero) is 1. The molecule has 1 aromatic heterocycles. The van der Waals surface area contributed by atoms with Gasteiger partial charge in [-0.15, -0.1) is 11.3 Å². The first-order valence-corrected chi connectivity index (χ1v) is 9.22. The molecule has 1 heterocycles. The van der Waals surface area contributed by atoms with E-state index in [9.17, 15) is 13.2 Å². The van der Waals surface area contributed by atoms with Gasteiger partial charge in [-0.2, -0.15) is 4.31 Å². The molecule has 0 radical (unpaired) electrons. The molecule has 2 rings (SSSR count). The van der Waals surface area contributed by atoms with Crippen LogP contribution in [-0.2, 0) is 16.6 Å². The Labute approximate surface area is 136 Å².